The fraction of sp³-hybridized carbons (Fsp3) is 0.364. The average Bonchev–Trinajstić information content (AvgIpc) is 3.67. The number of hydrogen-bond donors (Lipinski definition) is 4. The van der Waals surface area contributed by atoms with Crippen molar-refractivity contribution in [2.45, 2.75) is 38.8 Å². The van der Waals surface area contributed by atoms with Gasteiger partial charge < -0.3 is 9.84 Å². The van der Waals surface area contributed by atoms with Crippen LogP contribution in [0.15, 0.2) is 46.7 Å². The summed E-state index contributed by atoms with van der Waals surface area (Å²) in [4.78, 5) is 0. The highest BCUT2D eigenvalue weighted by atomic mass is 19.1. The molecule has 174 valence electrons. The van der Waals surface area contributed by atoms with E-state index < -0.39 is 17.9 Å². The van der Waals surface area contributed by atoms with Crippen molar-refractivity contribution in [2.75, 3.05) is 10.0 Å². The maximum absolute atomic E-state index is 13.9. The number of phenols is 1. The molecule has 0 spiro atoms. The second-order valence-electron chi connectivity index (χ2n) is 8.17. The number of hydrazine groups is 1. The smallest absolute Gasteiger partial charge is 0.208 e. The van der Waals surface area contributed by atoms with Crippen LogP contribution in [0.5, 0.6) is 11.5 Å². The van der Waals surface area contributed by atoms with Gasteiger partial charge in [0.25, 0.3) is 0 Å². The normalized spacial score (nSPS) is 16.5. The Morgan fingerprint density at radius 1 is 1.03 bits per heavy atom. The van der Waals surface area contributed by atoms with Gasteiger partial charge >= 0.3 is 0 Å². The van der Waals surface area contributed by atoms with Crippen LogP contribution in [0.4, 0.5) is 20.2 Å². The number of rotatable bonds is 8. The fourth-order valence-corrected chi connectivity index (χ4v) is 3.23. The molecule has 0 heterocycles. The topological polar surface area (TPSA) is 134 Å². The number of benzene rings is 2. The summed E-state index contributed by atoms with van der Waals surface area (Å²) in [6.45, 7) is 1.56. The molecule has 2 aromatic carbocycles. The minimum Gasteiger partial charge on any atom is -0.506 e. The number of hydrogen-bond acceptors (Lipinski definition) is 7. The van der Waals surface area contributed by atoms with Crippen LogP contribution >= 0.6 is 0 Å². The second-order valence-corrected chi connectivity index (χ2v) is 8.17. The van der Waals surface area contributed by atoms with Crippen molar-refractivity contribution in [3.63, 3.8) is 0 Å². The Morgan fingerprint density at radius 2 is 1.61 bits per heavy atom. The molecule has 0 saturated heterocycles. The van der Waals surface area contributed by atoms with Crippen LogP contribution in [-0.4, -0.2) is 23.0 Å². The first-order valence-electron chi connectivity index (χ1n) is 10.6. The molecule has 9 nitrogen and oxygen atoms in total. The Morgan fingerprint density at radius 3 is 2.21 bits per heavy atom. The van der Waals surface area contributed by atoms with Crippen LogP contribution in [0.25, 0.3) is 0 Å². The van der Waals surface area contributed by atoms with E-state index in [1.165, 1.54) is 23.2 Å². The summed E-state index contributed by atoms with van der Waals surface area (Å²) in [6, 6.07) is 7.20. The summed E-state index contributed by atoms with van der Waals surface area (Å²) in [7, 11) is 0. The molecule has 0 radical (unpaired) electrons. The van der Waals surface area contributed by atoms with Crippen LogP contribution < -0.4 is 20.6 Å². The van der Waals surface area contributed by atoms with Gasteiger partial charge in [-0.1, -0.05) is 5.22 Å². The Balaban J connectivity index is 1.54. The van der Waals surface area contributed by atoms with E-state index in [2.05, 4.69) is 10.3 Å². The number of halogens is 2. The number of phenolic OH excluding ortho intramolecular Hbond substituents is 1. The molecule has 2 aromatic rings. The summed E-state index contributed by atoms with van der Waals surface area (Å²) in [5.41, 5.74) is 0.427. The molecular weight excluding hydrogens is 432 g/mol. The summed E-state index contributed by atoms with van der Waals surface area (Å²) in [5, 5.41) is 37.1. The van der Waals surface area contributed by atoms with Gasteiger partial charge in [-0.15, -0.1) is 5.11 Å². The predicted octanol–water partition coefficient (Wildman–Crippen LogP) is 4.72. The van der Waals surface area contributed by atoms with Crippen molar-refractivity contribution in [2.24, 2.45) is 28.0 Å². The molecule has 0 amide bonds. The van der Waals surface area contributed by atoms with Crippen LogP contribution in [0, 0.1) is 34.3 Å². The van der Waals surface area contributed by atoms with Gasteiger partial charge in [0.1, 0.15) is 40.4 Å². The highest BCUT2D eigenvalue weighted by Gasteiger charge is 2.33. The third-order valence-electron chi connectivity index (χ3n) is 5.36. The van der Waals surface area contributed by atoms with Gasteiger partial charge in [0.05, 0.1) is 0 Å². The summed E-state index contributed by atoms with van der Waals surface area (Å²) in [6.07, 6.45) is 2.46. The van der Waals surface area contributed by atoms with Crippen molar-refractivity contribution in [3.8, 4) is 11.5 Å². The Hall–Kier alpha value is -3.60. The lowest BCUT2D eigenvalue weighted by Crippen LogP contribution is -2.38. The monoisotopic (exact) mass is 457 g/mol. The highest BCUT2D eigenvalue weighted by molar-refractivity contribution is 5.99. The Bertz CT molecular complexity index is 1100. The van der Waals surface area contributed by atoms with E-state index in [4.69, 9.17) is 21.4 Å². The fourth-order valence-electron chi connectivity index (χ4n) is 3.23. The number of aromatic hydroxyl groups is 1. The van der Waals surface area contributed by atoms with Gasteiger partial charge in [-0.2, -0.15) is 5.01 Å². The van der Waals surface area contributed by atoms with Crippen LogP contribution in [0.1, 0.15) is 32.6 Å². The standard InChI is InChI=1S/C22H25F2N7O2/c1-12(33-20-11-16(24)7-9-18(20)30(27)21(25)13-2-3-13)28-29-31(22(26)14-4-5-14)17-8-6-15(23)10-19(17)32/h6-14,25-26,32H,2-5,27H2,1H3/b25-21?,26-22?,29-28+. The predicted molar refractivity (Wildman–Crippen MR) is 119 cm³/mol. The van der Waals surface area contributed by atoms with Crippen LogP contribution in [-0.2, 0) is 0 Å². The van der Waals surface area contributed by atoms with Crippen LogP contribution in [0.3, 0.4) is 0 Å². The molecule has 0 aromatic heterocycles. The van der Waals surface area contributed by atoms with E-state index in [0.717, 1.165) is 48.9 Å². The van der Waals surface area contributed by atoms with Gasteiger partial charge in [-0.05, 0) is 56.9 Å². The molecule has 2 fully saturated rings. The molecule has 1 atom stereocenters. The zero-order valence-corrected chi connectivity index (χ0v) is 18.0. The van der Waals surface area contributed by atoms with E-state index >= 15 is 0 Å². The largest absolute Gasteiger partial charge is 0.506 e. The second kappa shape index (κ2) is 9.10. The maximum atomic E-state index is 13.9. The number of amidine groups is 2. The Labute approximate surface area is 189 Å². The summed E-state index contributed by atoms with van der Waals surface area (Å²) < 4.78 is 33.1. The molecule has 5 N–H and O–H groups in total. The molecule has 2 aliphatic rings. The first kappa shape index (κ1) is 22.6. The SMILES string of the molecule is CC(/N=N/N(C(=N)C1CC1)c1ccc(F)cc1O)Oc1cc(F)ccc1N(N)C(=N)C1CC1. The van der Waals surface area contributed by atoms with Gasteiger partial charge in [0, 0.05) is 24.0 Å². The lowest BCUT2D eigenvalue weighted by atomic mass is 10.2. The molecule has 0 bridgehead atoms. The number of nitrogens with zero attached hydrogens (tertiary/aromatic N) is 4. The number of anilines is 2. The zero-order valence-electron chi connectivity index (χ0n) is 18.0. The zero-order chi connectivity index (χ0) is 23.7. The summed E-state index contributed by atoms with van der Waals surface area (Å²) in [5.74, 6) is 5.00. The minimum absolute atomic E-state index is 0.0290. The average molecular weight is 457 g/mol. The quantitative estimate of drug-likeness (QED) is 0.150. The van der Waals surface area contributed by atoms with Gasteiger partial charge in [0.2, 0.25) is 6.23 Å². The molecule has 2 aliphatic carbocycles. The van der Waals surface area contributed by atoms with Crippen molar-refractivity contribution < 1.29 is 18.6 Å². The first-order chi connectivity index (χ1) is 15.7. The van der Waals surface area contributed by atoms with Crippen molar-refractivity contribution >= 4 is 23.0 Å². The number of nitrogens with two attached hydrogens (primary N) is 1. The molecule has 0 aliphatic heterocycles. The number of nitrogens with one attached hydrogen (secondary N) is 2. The Kier molecular flexibility index (Phi) is 6.23. The van der Waals surface area contributed by atoms with Gasteiger partial charge in [-0.3, -0.25) is 15.8 Å². The molecule has 2 saturated carbocycles. The maximum Gasteiger partial charge on any atom is 0.208 e. The highest BCUT2D eigenvalue weighted by Crippen LogP contribution is 2.37. The van der Waals surface area contributed by atoms with Crippen molar-refractivity contribution in [1.82, 2.24) is 0 Å². The van der Waals surface area contributed by atoms with Crippen molar-refractivity contribution in [3.05, 3.63) is 48.0 Å². The van der Waals surface area contributed by atoms with E-state index in [-0.39, 0.29) is 40.7 Å². The lowest BCUT2D eigenvalue weighted by molar-refractivity contribution is 0.222. The minimum atomic E-state index is -0.925. The van der Waals surface area contributed by atoms with Crippen LogP contribution in [0.2, 0.25) is 0 Å². The summed E-state index contributed by atoms with van der Waals surface area (Å²) >= 11 is 0. The first-order valence-corrected chi connectivity index (χ1v) is 10.6. The third kappa shape index (κ3) is 5.25. The molecule has 4 rings (SSSR count). The molecule has 1 unspecified atom stereocenters. The lowest BCUT2D eigenvalue weighted by Gasteiger charge is -2.23. The van der Waals surface area contributed by atoms with E-state index in [1.807, 2.05) is 0 Å². The van der Waals surface area contributed by atoms with Crippen molar-refractivity contribution in [1.29, 1.82) is 10.8 Å². The van der Waals surface area contributed by atoms with Gasteiger partial charge in [0.15, 0.2) is 5.75 Å². The van der Waals surface area contributed by atoms with E-state index in [0.29, 0.717) is 5.69 Å². The van der Waals surface area contributed by atoms with E-state index in [9.17, 15) is 13.9 Å². The van der Waals surface area contributed by atoms with Gasteiger partial charge in [-0.25, -0.2) is 14.6 Å². The van der Waals surface area contributed by atoms with E-state index in [1.54, 1.807) is 6.92 Å². The molecule has 33 heavy (non-hydrogen) atoms. The third-order valence-corrected chi connectivity index (χ3v) is 5.36. The number of ether oxygens (including phenoxy) is 1. The molecular formula is C22H25F2N7O2. The molecule has 11 heteroatoms.